The zero-order chi connectivity index (χ0) is 8.43. The molecule has 11 heavy (non-hydrogen) atoms. The Morgan fingerprint density at radius 2 is 2.00 bits per heavy atom. The summed E-state index contributed by atoms with van der Waals surface area (Å²) in [5, 5.41) is 0.613. The first-order chi connectivity index (χ1) is 5.11. The van der Waals surface area contributed by atoms with Gasteiger partial charge in [-0.1, -0.05) is 41.9 Å². The van der Waals surface area contributed by atoms with E-state index in [1.807, 2.05) is 19.1 Å². The topological polar surface area (TPSA) is 0 Å². The Bertz CT molecular complexity index is 287. The van der Waals surface area contributed by atoms with Crippen molar-refractivity contribution < 1.29 is 0 Å². The van der Waals surface area contributed by atoms with Crippen LogP contribution in [0.15, 0.2) is 24.8 Å². The minimum absolute atomic E-state index is 0.613. The predicted octanol–water partition coefficient (Wildman–Crippen LogP) is 3.51. The number of rotatable bonds is 1. The molecule has 0 heterocycles. The molecule has 0 spiro atoms. The fourth-order valence-electron chi connectivity index (χ4n) is 1.12. The lowest BCUT2D eigenvalue weighted by Crippen LogP contribution is -1.83. The molecule has 0 saturated carbocycles. The molecule has 1 aromatic carbocycles. The predicted molar refractivity (Wildman–Crippen MR) is 50.8 cm³/mol. The molecule has 0 aliphatic carbocycles. The van der Waals surface area contributed by atoms with Gasteiger partial charge in [0.2, 0.25) is 0 Å². The summed E-state index contributed by atoms with van der Waals surface area (Å²) < 4.78 is 0. The van der Waals surface area contributed by atoms with Gasteiger partial charge in [-0.25, -0.2) is 0 Å². The molecule has 0 N–H and O–H groups in total. The second-order valence-corrected chi connectivity index (χ2v) is 3.18. The van der Waals surface area contributed by atoms with Crippen LogP contribution >= 0.6 is 11.6 Å². The van der Waals surface area contributed by atoms with Crippen LogP contribution in [0.25, 0.3) is 5.03 Å². The average molecular weight is 167 g/mol. The van der Waals surface area contributed by atoms with Crippen LogP contribution in [-0.4, -0.2) is 0 Å². The van der Waals surface area contributed by atoms with Crippen molar-refractivity contribution in [3.63, 3.8) is 0 Å². The van der Waals surface area contributed by atoms with Gasteiger partial charge in [0.1, 0.15) is 0 Å². The molecule has 0 aliphatic heterocycles. The summed E-state index contributed by atoms with van der Waals surface area (Å²) in [6.07, 6.45) is 0. The summed E-state index contributed by atoms with van der Waals surface area (Å²) in [5.41, 5.74) is 3.48. The molecule has 1 heteroatoms. The Balaban J connectivity index is 3.20. The molecule has 0 radical (unpaired) electrons. The fraction of sp³-hybridized carbons (Fsp3) is 0.200. The number of benzene rings is 1. The van der Waals surface area contributed by atoms with E-state index >= 15 is 0 Å². The van der Waals surface area contributed by atoms with Crippen molar-refractivity contribution in [1.29, 1.82) is 0 Å². The largest absolute Gasteiger partial charge is 0.0843 e. The molecule has 0 atom stereocenters. The van der Waals surface area contributed by atoms with Gasteiger partial charge in [-0.2, -0.15) is 0 Å². The normalized spacial score (nSPS) is 9.73. The lowest BCUT2D eigenvalue weighted by molar-refractivity contribution is 1.37. The van der Waals surface area contributed by atoms with Gasteiger partial charge in [-0.3, -0.25) is 0 Å². The fourth-order valence-corrected chi connectivity index (χ4v) is 1.33. The van der Waals surface area contributed by atoms with Crippen LogP contribution in [0.5, 0.6) is 0 Å². The Hall–Kier alpha value is -0.750. The quantitative estimate of drug-likeness (QED) is 0.599. The van der Waals surface area contributed by atoms with Crippen molar-refractivity contribution in [2.75, 3.05) is 0 Å². The molecule has 0 bridgehead atoms. The van der Waals surface area contributed by atoms with Gasteiger partial charge in [-0.05, 0) is 25.0 Å². The maximum Gasteiger partial charge on any atom is 0.0409 e. The lowest BCUT2D eigenvalue weighted by atomic mass is 10.1. The maximum absolute atomic E-state index is 5.77. The Kier molecular flexibility index (Phi) is 2.35. The monoisotopic (exact) mass is 166 g/mol. The van der Waals surface area contributed by atoms with Gasteiger partial charge in [0.25, 0.3) is 0 Å². The van der Waals surface area contributed by atoms with E-state index in [0.717, 1.165) is 5.56 Å². The molecular weight excluding hydrogens is 156 g/mol. The summed E-state index contributed by atoms with van der Waals surface area (Å²) in [5.74, 6) is 0. The van der Waals surface area contributed by atoms with Crippen LogP contribution in [0.4, 0.5) is 0 Å². The van der Waals surface area contributed by atoms with E-state index in [-0.39, 0.29) is 0 Å². The van der Waals surface area contributed by atoms with Crippen molar-refractivity contribution in [3.8, 4) is 0 Å². The first-order valence-corrected chi connectivity index (χ1v) is 3.91. The summed E-state index contributed by atoms with van der Waals surface area (Å²) in [6.45, 7) is 7.78. The number of hydrogen-bond donors (Lipinski definition) is 0. The first kappa shape index (κ1) is 8.35. The third-order valence-corrected chi connectivity index (χ3v) is 1.88. The van der Waals surface area contributed by atoms with E-state index in [9.17, 15) is 0 Å². The molecule has 0 aliphatic rings. The minimum Gasteiger partial charge on any atom is -0.0843 e. The third kappa shape index (κ3) is 1.84. The summed E-state index contributed by atoms with van der Waals surface area (Å²) in [6, 6.07) is 6.14. The van der Waals surface area contributed by atoms with Crippen molar-refractivity contribution in [3.05, 3.63) is 41.5 Å². The van der Waals surface area contributed by atoms with Crippen LogP contribution in [0.1, 0.15) is 16.7 Å². The van der Waals surface area contributed by atoms with Gasteiger partial charge >= 0.3 is 0 Å². The molecule has 0 unspecified atom stereocenters. The highest BCUT2D eigenvalue weighted by Gasteiger charge is 1.98. The average Bonchev–Trinajstić information content (AvgIpc) is 1.85. The second kappa shape index (κ2) is 3.10. The molecular formula is C10H11Cl. The molecule has 1 aromatic rings. The smallest absolute Gasteiger partial charge is 0.0409 e. The SMILES string of the molecule is C=C(Cl)c1ccc(C)cc1C. The highest BCUT2D eigenvalue weighted by atomic mass is 35.5. The Labute approximate surface area is 72.5 Å². The summed E-state index contributed by atoms with van der Waals surface area (Å²) in [4.78, 5) is 0. The number of aryl methyl sites for hydroxylation is 2. The minimum atomic E-state index is 0.613. The summed E-state index contributed by atoms with van der Waals surface area (Å²) >= 11 is 5.77. The van der Waals surface area contributed by atoms with Crippen molar-refractivity contribution in [2.45, 2.75) is 13.8 Å². The zero-order valence-corrected chi connectivity index (χ0v) is 7.57. The molecule has 1 rings (SSSR count). The van der Waals surface area contributed by atoms with Crippen LogP contribution in [-0.2, 0) is 0 Å². The van der Waals surface area contributed by atoms with E-state index in [2.05, 4.69) is 19.6 Å². The molecule has 0 fully saturated rings. The maximum atomic E-state index is 5.77. The van der Waals surface area contributed by atoms with Gasteiger partial charge < -0.3 is 0 Å². The molecule has 0 saturated heterocycles. The van der Waals surface area contributed by atoms with Crippen molar-refractivity contribution in [1.82, 2.24) is 0 Å². The molecule has 58 valence electrons. The molecule has 0 nitrogen and oxygen atoms in total. The van der Waals surface area contributed by atoms with E-state index in [4.69, 9.17) is 11.6 Å². The number of hydrogen-bond acceptors (Lipinski definition) is 0. The first-order valence-electron chi connectivity index (χ1n) is 3.53. The lowest BCUT2D eigenvalue weighted by Gasteiger charge is -2.03. The van der Waals surface area contributed by atoms with Gasteiger partial charge in [0, 0.05) is 5.03 Å². The second-order valence-electron chi connectivity index (χ2n) is 2.72. The van der Waals surface area contributed by atoms with Gasteiger partial charge in [0.05, 0.1) is 0 Å². The van der Waals surface area contributed by atoms with Crippen molar-refractivity contribution in [2.24, 2.45) is 0 Å². The van der Waals surface area contributed by atoms with Crippen LogP contribution in [0.3, 0.4) is 0 Å². The van der Waals surface area contributed by atoms with Gasteiger partial charge in [-0.15, -0.1) is 0 Å². The summed E-state index contributed by atoms with van der Waals surface area (Å²) in [7, 11) is 0. The van der Waals surface area contributed by atoms with Crippen molar-refractivity contribution >= 4 is 16.6 Å². The van der Waals surface area contributed by atoms with Gasteiger partial charge in [0.15, 0.2) is 0 Å². The molecule has 0 amide bonds. The molecule has 0 aromatic heterocycles. The zero-order valence-electron chi connectivity index (χ0n) is 6.82. The highest BCUT2D eigenvalue weighted by Crippen LogP contribution is 2.20. The standard InChI is InChI=1S/C10H11Cl/c1-7-4-5-10(9(3)11)8(2)6-7/h4-6H,3H2,1-2H3. The van der Waals surface area contributed by atoms with Crippen LogP contribution < -0.4 is 0 Å². The van der Waals surface area contributed by atoms with E-state index in [0.29, 0.717) is 5.03 Å². The number of halogens is 1. The Morgan fingerprint density at radius 3 is 2.45 bits per heavy atom. The van der Waals surface area contributed by atoms with Crippen LogP contribution in [0, 0.1) is 13.8 Å². The highest BCUT2D eigenvalue weighted by molar-refractivity contribution is 6.48. The van der Waals surface area contributed by atoms with E-state index in [1.165, 1.54) is 11.1 Å². The van der Waals surface area contributed by atoms with E-state index < -0.39 is 0 Å². The van der Waals surface area contributed by atoms with E-state index in [1.54, 1.807) is 0 Å². The van der Waals surface area contributed by atoms with Crippen LogP contribution in [0.2, 0.25) is 0 Å². The Morgan fingerprint density at radius 1 is 1.36 bits per heavy atom. The third-order valence-electron chi connectivity index (χ3n) is 1.67.